The van der Waals surface area contributed by atoms with Crippen LogP contribution in [0, 0.1) is 6.92 Å². The average Bonchev–Trinajstić information content (AvgIpc) is 3.03. The lowest BCUT2D eigenvalue weighted by Crippen LogP contribution is -2.17. The van der Waals surface area contributed by atoms with E-state index in [0.29, 0.717) is 31.9 Å². The number of primary amides is 1. The van der Waals surface area contributed by atoms with Crippen LogP contribution in [0.2, 0.25) is 10.0 Å². The number of aryl methyl sites for hydroxylation is 1. The maximum Gasteiger partial charge on any atom is 0.267 e. The van der Waals surface area contributed by atoms with Crippen molar-refractivity contribution in [3.8, 4) is 0 Å². The third-order valence-corrected chi connectivity index (χ3v) is 6.79. The van der Waals surface area contributed by atoms with Crippen LogP contribution in [0.4, 0.5) is 5.00 Å². The van der Waals surface area contributed by atoms with Gasteiger partial charge in [-0.15, -0.1) is 22.7 Å². The van der Waals surface area contributed by atoms with Gasteiger partial charge in [0.15, 0.2) is 0 Å². The maximum absolute atomic E-state index is 12.7. The number of nitrogens with one attached hydrogen (secondary N) is 1. The third kappa shape index (κ3) is 3.27. The molecule has 0 saturated heterocycles. The fourth-order valence-corrected chi connectivity index (χ4v) is 5.53. The number of halogens is 2. The van der Waals surface area contributed by atoms with Crippen molar-refractivity contribution in [1.29, 1.82) is 0 Å². The number of fused-ring (bicyclic) bond motifs is 1. The van der Waals surface area contributed by atoms with Crippen molar-refractivity contribution in [2.75, 3.05) is 5.32 Å². The molecule has 0 atom stereocenters. The molecule has 0 aliphatic carbocycles. The molecule has 0 aliphatic heterocycles. The van der Waals surface area contributed by atoms with Crippen LogP contribution in [0.3, 0.4) is 0 Å². The van der Waals surface area contributed by atoms with Gasteiger partial charge in [0.1, 0.15) is 9.88 Å². The van der Waals surface area contributed by atoms with Gasteiger partial charge in [-0.3, -0.25) is 9.59 Å². The zero-order valence-corrected chi connectivity index (χ0v) is 16.6. The summed E-state index contributed by atoms with van der Waals surface area (Å²) >= 11 is 14.9. The van der Waals surface area contributed by atoms with Gasteiger partial charge in [0, 0.05) is 20.0 Å². The molecule has 3 aromatic rings. The Labute approximate surface area is 162 Å². The van der Waals surface area contributed by atoms with Crippen molar-refractivity contribution in [1.82, 2.24) is 0 Å². The van der Waals surface area contributed by atoms with Crippen LogP contribution in [0.5, 0.6) is 0 Å². The molecule has 2 aromatic heterocycles. The number of hydrogen-bond donors (Lipinski definition) is 2. The zero-order valence-electron chi connectivity index (χ0n) is 13.4. The van der Waals surface area contributed by atoms with E-state index in [0.717, 1.165) is 20.5 Å². The molecule has 1 aromatic carbocycles. The quantitative estimate of drug-likeness (QED) is 0.594. The Balaban J connectivity index is 2.01. The normalized spacial score (nSPS) is 11.0. The molecule has 0 radical (unpaired) electrons. The second-order valence-electron chi connectivity index (χ2n) is 5.40. The Morgan fingerprint density at radius 2 is 1.96 bits per heavy atom. The Kier molecular flexibility index (Phi) is 5.06. The van der Waals surface area contributed by atoms with Crippen LogP contribution in [0.15, 0.2) is 18.2 Å². The molecule has 0 aliphatic rings. The largest absolute Gasteiger partial charge is 0.365 e. The van der Waals surface area contributed by atoms with Crippen molar-refractivity contribution < 1.29 is 9.59 Å². The van der Waals surface area contributed by atoms with Gasteiger partial charge in [0.2, 0.25) is 0 Å². The summed E-state index contributed by atoms with van der Waals surface area (Å²) in [5.41, 5.74) is 6.74. The number of anilines is 1. The number of rotatable bonds is 4. The molecular weight excluding hydrogens is 399 g/mol. The van der Waals surface area contributed by atoms with Gasteiger partial charge in [0.25, 0.3) is 11.8 Å². The molecule has 3 rings (SSSR count). The minimum absolute atomic E-state index is 0.367. The van der Waals surface area contributed by atoms with Crippen molar-refractivity contribution in [3.05, 3.63) is 49.1 Å². The smallest absolute Gasteiger partial charge is 0.267 e. The number of carbonyl (C=O) groups is 2. The van der Waals surface area contributed by atoms with Crippen LogP contribution < -0.4 is 11.1 Å². The minimum atomic E-state index is -0.550. The van der Waals surface area contributed by atoms with Crippen LogP contribution in [-0.2, 0) is 6.42 Å². The van der Waals surface area contributed by atoms with Crippen LogP contribution in [0.25, 0.3) is 10.1 Å². The Morgan fingerprint density at radius 1 is 1.24 bits per heavy atom. The lowest BCUT2D eigenvalue weighted by Gasteiger charge is -2.05. The van der Waals surface area contributed by atoms with Crippen molar-refractivity contribution in [3.63, 3.8) is 0 Å². The molecule has 0 fully saturated rings. The molecule has 0 unspecified atom stereocenters. The monoisotopic (exact) mass is 412 g/mol. The number of hydrogen-bond acceptors (Lipinski definition) is 4. The summed E-state index contributed by atoms with van der Waals surface area (Å²) in [4.78, 5) is 25.9. The van der Waals surface area contributed by atoms with E-state index < -0.39 is 5.91 Å². The highest BCUT2D eigenvalue weighted by atomic mass is 35.5. The van der Waals surface area contributed by atoms with Crippen LogP contribution >= 0.6 is 45.9 Å². The third-order valence-electron chi connectivity index (χ3n) is 3.83. The van der Waals surface area contributed by atoms with Gasteiger partial charge in [-0.25, -0.2) is 0 Å². The summed E-state index contributed by atoms with van der Waals surface area (Å²) in [6.45, 7) is 3.85. The van der Waals surface area contributed by atoms with Gasteiger partial charge in [0.05, 0.1) is 10.6 Å². The topological polar surface area (TPSA) is 72.2 Å². The Morgan fingerprint density at radius 3 is 2.60 bits per heavy atom. The SMILES string of the molecule is CCc1c(C)sc(NC(=O)c2sc3cc(Cl)ccc3c2Cl)c1C(N)=O. The second-order valence-corrected chi connectivity index (χ2v) is 8.49. The highest BCUT2D eigenvalue weighted by Gasteiger charge is 2.23. The van der Waals surface area contributed by atoms with E-state index in [2.05, 4.69) is 5.32 Å². The van der Waals surface area contributed by atoms with E-state index in [4.69, 9.17) is 28.9 Å². The maximum atomic E-state index is 12.7. The van der Waals surface area contributed by atoms with E-state index in [9.17, 15) is 9.59 Å². The first-order chi connectivity index (χ1) is 11.8. The van der Waals surface area contributed by atoms with E-state index in [-0.39, 0.29) is 5.91 Å². The minimum Gasteiger partial charge on any atom is -0.365 e. The first-order valence-corrected chi connectivity index (χ1v) is 9.83. The number of thiophene rings is 2. The van der Waals surface area contributed by atoms with Gasteiger partial charge >= 0.3 is 0 Å². The van der Waals surface area contributed by atoms with Crippen molar-refractivity contribution >= 4 is 72.8 Å². The number of nitrogens with two attached hydrogens (primary N) is 1. The fraction of sp³-hybridized carbons (Fsp3) is 0.176. The first kappa shape index (κ1) is 18.2. The van der Waals surface area contributed by atoms with E-state index in [1.807, 2.05) is 13.8 Å². The summed E-state index contributed by atoms with van der Waals surface area (Å²) < 4.78 is 0.828. The molecule has 3 N–H and O–H groups in total. The molecule has 4 nitrogen and oxygen atoms in total. The van der Waals surface area contributed by atoms with E-state index in [1.165, 1.54) is 22.7 Å². The molecule has 130 valence electrons. The standard InChI is InChI=1S/C17H14Cl2N2O2S2/c1-3-9-7(2)24-17(12(9)15(20)22)21-16(23)14-13(19)10-5-4-8(18)6-11(10)25-14/h4-6H,3H2,1-2H3,(H2,20,22)(H,21,23). The zero-order chi connectivity index (χ0) is 18.3. The van der Waals surface area contributed by atoms with E-state index >= 15 is 0 Å². The highest BCUT2D eigenvalue weighted by molar-refractivity contribution is 7.22. The van der Waals surface area contributed by atoms with Crippen molar-refractivity contribution in [2.24, 2.45) is 5.73 Å². The summed E-state index contributed by atoms with van der Waals surface area (Å²) in [5, 5.41) is 4.97. The lowest BCUT2D eigenvalue weighted by molar-refractivity contribution is 0.100. The first-order valence-electron chi connectivity index (χ1n) is 7.44. The molecule has 25 heavy (non-hydrogen) atoms. The average molecular weight is 413 g/mol. The summed E-state index contributed by atoms with van der Waals surface area (Å²) in [5.74, 6) is -0.917. The van der Waals surface area contributed by atoms with Crippen LogP contribution in [-0.4, -0.2) is 11.8 Å². The van der Waals surface area contributed by atoms with Crippen molar-refractivity contribution in [2.45, 2.75) is 20.3 Å². The summed E-state index contributed by atoms with van der Waals surface area (Å²) in [7, 11) is 0. The fourth-order valence-electron chi connectivity index (χ4n) is 2.70. The Hall–Kier alpha value is -1.60. The molecule has 0 saturated carbocycles. The second kappa shape index (κ2) is 6.96. The molecule has 2 heterocycles. The lowest BCUT2D eigenvalue weighted by atomic mass is 10.1. The molecule has 2 amide bonds. The van der Waals surface area contributed by atoms with Gasteiger partial charge < -0.3 is 11.1 Å². The Bertz CT molecular complexity index is 1010. The molecule has 0 spiro atoms. The van der Waals surface area contributed by atoms with Gasteiger partial charge in [-0.2, -0.15) is 0 Å². The summed E-state index contributed by atoms with van der Waals surface area (Å²) in [6.07, 6.45) is 0.665. The van der Waals surface area contributed by atoms with Crippen LogP contribution in [0.1, 0.15) is 37.4 Å². The highest BCUT2D eigenvalue weighted by Crippen LogP contribution is 2.38. The predicted octanol–water partition coefficient (Wildman–Crippen LogP) is 5.49. The van der Waals surface area contributed by atoms with Gasteiger partial charge in [-0.05, 0) is 31.0 Å². The van der Waals surface area contributed by atoms with Gasteiger partial charge in [-0.1, -0.05) is 36.2 Å². The molecule has 8 heteroatoms. The van der Waals surface area contributed by atoms with E-state index in [1.54, 1.807) is 18.2 Å². The predicted molar refractivity (Wildman–Crippen MR) is 107 cm³/mol. The molecule has 0 bridgehead atoms. The number of amides is 2. The number of benzene rings is 1. The molecular formula is C17H14Cl2N2O2S2. The number of carbonyl (C=O) groups excluding carboxylic acids is 2. The summed E-state index contributed by atoms with van der Waals surface area (Å²) in [6, 6.07) is 5.28.